The van der Waals surface area contributed by atoms with Crippen LogP contribution in [0.25, 0.3) is 0 Å². The summed E-state index contributed by atoms with van der Waals surface area (Å²) in [6.45, 7) is 0.782. The number of rotatable bonds is 3. The molecule has 0 aliphatic carbocycles. The highest BCUT2D eigenvalue weighted by molar-refractivity contribution is 8.14. The van der Waals surface area contributed by atoms with Gasteiger partial charge < -0.3 is 4.74 Å². The average molecular weight is 293 g/mol. The van der Waals surface area contributed by atoms with Crippen LogP contribution in [0.4, 0.5) is 4.39 Å². The van der Waals surface area contributed by atoms with Crippen molar-refractivity contribution >= 4 is 19.7 Å². The van der Waals surface area contributed by atoms with Crippen molar-refractivity contribution < 1.29 is 17.5 Å². The summed E-state index contributed by atoms with van der Waals surface area (Å²) in [4.78, 5) is 0. The fourth-order valence-corrected chi connectivity index (χ4v) is 3.98. The Morgan fingerprint density at radius 2 is 2.00 bits per heavy atom. The highest BCUT2D eigenvalue weighted by Crippen LogP contribution is 2.27. The van der Waals surface area contributed by atoms with Crippen LogP contribution in [-0.2, 0) is 20.2 Å². The van der Waals surface area contributed by atoms with Gasteiger partial charge in [0.25, 0.3) is 0 Å². The molecule has 2 rings (SSSR count). The lowest BCUT2D eigenvalue weighted by Crippen LogP contribution is -2.37. The van der Waals surface area contributed by atoms with E-state index in [1.165, 1.54) is 12.1 Å². The van der Waals surface area contributed by atoms with Crippen molar-refractivity contribution in [1.29, 1.82) is 0 Å². The third kappa shape index (κ3) is 3.43. The van der Waals surface area contributed by atoms with E-state index in [9.17, 15) is 12.8 Å². The number of benzene rings is 1. The Kier molecular flexibility index (Phi) is 4.25. The van der Waals surface area contributed by atoms with E-state index in [4.69, 9.17) is 15.4 Å². The van der Waals surface area contributed by atoms with Gasteiger partial charge >= 0.3 is 0 Å². The average Bonchev–Trinajstić information content (AvgIpc) is 2.31. The quantitative estimate of drug-likeness (QED) is 0.803. The molecule has 100 valence electrons. The molecule has 1 aromatic carbocycles. The lowest BCUT2D eigenvalue weighted by molar-refractivity contribution is 0.0577. The molecule has 18 heavy (non-hydrogen) atoms. The highest BCUT2D eigenvalue weighted by atomic mass is 35.7. The third-order valence-electron chi connectivity index (χ3n) is 3.18. The van der Waals surface area contributed by atoms with Crippen LogP contribution in [0.3, 0.4) is 0 Å². The van der Waals surface area contributed by atoms with Crippen LogP contribution < -0.4 is 0 Å². The molecule has 0 aromatic heterocycles. The molecule has 0 spiro atoms. The van der Waals surface area contributed by atoms with Crippen molar-refractivity contribution in [3.8, 4) is 0 Å². The molecular weight excluding hydrogens is 279 g/mol. The van der Waals surface area contributed by atoms with Gasteiger partial charge in [-0.05, 0) is 30.5 Å². The first-order valence-corrected chi connectivity index (χ1v) is 8.10. The van der Waals surface area contributed by atoms with Crippen LogP contribution >= 0.6 is 10.7 Å². The first kappa shape index (κ1) is 13.8. The SMILES string of the molecule is O=S(=O)(Cl)[C@H]1CCOC[C@H]1Cc1ccc(F)cc1. The zero-order valence-electron chi connectivity index (χ0n) is 9.68. The zero-order chi connectivity index (χ0) is 13.2. The Morgan fingerprint density at radius 3 is 2.61 bits per heavy atom. The number of hydrogen-bond donors (Lipinski definition) is 0. The van der Waals surface area contributed by atoms with Crippen molar-refractivity contribution in [1.82, 2.24) is 0 Å². The minimum absolute atomic E-state index is 0.174. The van der Waals surface area contributed by atoms with E-state index in [0.717, 1.165) is 5.56 Å². The molecular formula is C12H14ClFO3S. The molecule has 1 saturated heterocycles. The summed E-state index contributed by atoms with van der Waals surface area (Å²) in [6, 6.07) is 6.04. The summed E-state index contributed by atoms with van der Waals surface area (Å²) in [6.07, 6.45) is 0.939. The molecule has 0 saturated carbocycles. The van der Waals surface area contributed by atoms with Crippen molar-refractivity contribution in [3.05, 3.63) is 35.6 Å². The minimum atomic E-state index is -3.59. The monoisotopic (exact) mass is 292 g/mol. The molecule has 6 heteroatoms. The maximum atomic E-state index is 12.8. The highest BCUT2D eigenvalue weighted by Gasteiger charge is 2.34. The van der Waals surface area contributed by atoms with E-state index < -0.39 is 14.3 Å². The normalized spacial score (nSPS) is 25.0. The van der Waals surface area contributed by atoms with Crippen molar-refractivity contribution in [2.24, 2.45) is 5.92 Å². The van der Waals surface area contributed by atoms with E-state index in [-0.39, 0.29) is 11.7 Å². The lowest BCUT2D eigenvalue weighted by Gasteiger charge is -2.29. The molecule has 0 bridgehead atoms. The van der Waals surface area contributed by atoms with Gasteiger partial charge in [-0.2, -0.15) is 0 Å². The molecule has 3 nitrogen and oxygen atoms in total. The molecule has 1 aliphatic rings. The van der Waals surface area contributed by atoms with Crippen LogP contribution in [0.1, 0.15) is 12.0 Å². The van der Waals surface area contributed by atoms with Crippen LogP contribution in [0.5, 0.6) is 0 Å². The van der Waals surface area contributed by atoms with Crippen LogP contribution in [0.2, 0.25) is 0 Å². The molecule has 0 radical (unpaired) electrons. The fourth-order valence-electron chi connectivity index (χ4n) is 2.26. The largest absolute Gasteiger partial charge is 0.381 e. The van der Waals surface area contributed by atoms with E-state index in [0.29, 0.717) is 26.1 Å². The number of hydrogen-bond acceptors (Lipinski definition) is 3. The lowest BCUT2D eigenvalue weighted by atomic mass is 9.93. The predicted octanol–water partition coefficient (Wildman–Crippen LogP) is 2.34. The van der Waals surface area contributed by atoms with Crippen molar-refractivity contribution in [3.63, 3.8) is 0 Å². The molecule has 1 heterocycles. The number of halogens is 2. The Morgan fingerprint density at radius 1 is 1.33 bits per heavy atom. The van der Waals surface area contributed by atoms with Gasteiger partial charge in [-0.1, -0.05) is 12.1 Å². The van der Waals surface area contributed by atoms with Gasteiger partial charge in [-0.25, -0.2) is 12.8 Å². The van der Waals surface area contributed by atoms with E-state index in [1.54, 1.807) is 12.1 Å². The summed E-state index contributed by atoms with van der Waals surface area (Å²) in [5.74, 6) is -0.480. The van der Waals surface area contributed by atoms with Gasteiger partial charge in [-0.3, -0.25) is 0 Å². The second-order valence-corrected chi connectivity index (χ2v) is 7.32. The minimum Gasteiger partial charge on any atom is -0.381 e. The van der Waals surface area contributed by atoms with Crippen LogP contribution in [0.15, 0.2) is 24.3 Å². The second-order valence-electron chi connectivity index (χ2n) is 4.47. The predicted molar refractivity (Wildman–Crippen MR) is 67.6 cm³/mol. The second kappa shape index (κ2) is 5.55. The van der Waals surface area contributed by atoms with E-state index in [1.807, 2.05) is 0 Å². The Hall–Kier alpha value is -0.650. The molecule has 1 aromatic rings. The topological polar surface area (TPSA) is 43.4 Å². The van der Waals surface area contributed by atoms with Gasteiger partial charge in [0, 0.05) is 23.2 Å². The van der Waals surface area contributed by atoms with E-state index >= 15 is 0 Å². The summed E-state index contributed by atoms with van der Waals surface area (Å²) in [7, 11) is 1.87. The molecule has 0 N–H and O–H groups in total. The van der Waals surface area contributed by atoms with Gasteiger partial charge in [0.05, 0.1) is 11.9 Å². The molecule has 1 aliphatic heterocycles. The summed E-state index contributed by atoms with van der Waals surface area (Å²) >= 11 is 0. The fraction of sp³-hybridized carbons (Fsp3) is 0.500. The molecule has 2 atom stereocenters. The third-order valence-corrected chi connectivity index (χ3v) is 5.21. The summed E-state index contributed by atoms with van der Waals surface area (Å²) in [5.41, 5.74) is 0.886. The Bertz CT molecular complexity index is 501. The molecule has 0 amide bonds. The van der Waals surface area contributed by atoms with Gasteiger partial charge in [0.1, 0.15) is 5.82 Å². The Labute approximate surface area is 110 Å². The van der Waals surface area contributed by atoms with Gasteiger partial charge in [0.2, 0.25) is 9.05 Å². The first-order chi connectivity index (χ1) is 8.47. The van der Waals surface area contributed by atoms with Crippen molar-refractivity contribution in [2.75, 3.05) is 13.2 Å². The number of ether oxygens (including phenoxy) is 1. The van der Waals surface area contributed by atoms with E-state index in [2.05, 4.69) is 0 Å². The summed E-state index contributed by atoms with van der Waals surface area (Å²) < 4.78 is 41.1. The van der Waals surface area contributed by atoms with Crippen LogP contribution in [0, 0.1) is 11.7 Å². The molecule has 1 fully saturated rings. The van der Waals surface area contributed by atoms with Crippen LogP contribution in [-0.4, -0.2) is 26.9 Å². The van der Waals surface area contributed by atoms with Gasteiger partial charge in [0.15, 0.2) is 0 Å². The maximum Gasteiger partial charge on any atom is 0.235 e. The standard InChI is InChI=1S/C12H14ClFO3S/c13-18(15,16)12-5-6-17-8-10(12)7-9-1-3-11(14)4-2-9/h1-4,10,12H,5-8H2/t10-,12+/m1/s1. The van der Waals surface area contributed by atoms with Gasteiger partial charge in [-0.15, -0.1) is 0 Å². The first-order valence-electron chi connectivity index (χ1n) is 5.72. The molecule has 0 unspecified atom stereocenters. The maximum absolute atomic E-state index is 12.8. The Balaban J connectivity index is 2.13. The smallest absolute Gasteiger partial charge is 0.235 e. The summed E-state index contributed by atoms with van der Waals surface area (Å²) in [5, 5.41) is -0.585. The zero-order valence-corrected chi connectivity index (χ0v) is 11.3. The van der Waals surface area contributed by atoms with Crippen molar-refractivity contribution in [2.45, 2.75) is 18.1 Å².